The Morgan fingerprint density at radius 1 is 1.28 bits per heavy atom. The summed E-state index contributed by atoms with van der Waals surface area (Å²) in [4.78, 5) is 31.4. The van der Waals surface area contributed by atoms with Crippen LogP contribution in [0, 0.1) is 0 Å². The van der Waals surface area contributed by atoms with Crippen LogP contribution in [-0.2, 0) is 9.53 Å². The lowest BCUT2D eigenvalue weighted by molar-refractivity contribution is -0.139. The van der Waals surface area contributed by atoms with Crippen molar-refractivity contribution in [3.05, 3.63) is 84.9 Å². The van der Waals surface area contributed by atoms with E-state index < -0.39 is 12.0 Å². The van der Waals surface area contributed by atoms with Gasteiger partial charge < -0.3 is 13.9 Å². The van der Waals surface area contributed by atoms with E-state index in [4.69, 9.17) is 13.9 Å². The fourth-order valence-corrected chi connectivity index (χ4v) is 4.64. The molecule has 1 atom stereocenters. The number of fused-ring (bicyclic) bond motifs is 1. The SMILES string of the molecule is CCOC(=O)C1=C(C)N=c2s/c(=C\c3ccco3)c(=O)n2[C@H]1c1ccc(OC(C)C)cc1. The summed E-state index contributed by atoms with van der Waals surface area (Å²) in [5, 5.41) is 0. The highest BCUT2D eigenvalue weighted by Gasteiger charge is 2.33. The Balaban J connectivity index is 1.89. The van der Waals surface area contributed by atoms with Gasteiger partial charge in [-0.1, -0.05) is 23.5 Å². The smallest absolute Gasteiger partial charge is 0.338 e. The third-order valence-electron chi connectivity index (χ3n) is 4.90. The minimum Gasteiger partial charge on any atom is -0.491 e. The lowest BCUT2D eigenvalue weighted by Crippen LogP contribution is -2.39. The number of nitrogens with zero attached hydrogens (tertiary/aromatic N) is 2. The van der Waals surface area contributed by atoms with Gasteiger partial charge in [0.1, 0.15) is 11.5 Å². The normalized spacial score (nSPS) is 16.2. The Hall–Kier alpha value is -3.39. The molecule has 0 bridgehead atoms. The molecule has 4 rings (SSSR count). The number of hydrogen-bond acceptors (Lipinski definition) is 7. The van der Waals surface area contributed by atoms with Crippen molar-refractivity contribution in [1.29, 1.82) is 0 Å². The summed E-state index contributed by atoms with van der Waals surface area (Å²) in [6, 6.07) is 10.3. The van der Waals surface area contributed by atoms with E-state index in [1.54, 1.807) is 42.9 Å². The molecule has 0 saturated heterocycles. The van der Waals surface area contributed by atoms with Gasteiger partial charge in [0.2, 0.25) is 0 Å². The van der Waals surface area contributed by atoms with Crippen molar-refractivity contribution in [3.8, 4) is 5.75 Å². The predicted octanol–water partition coefficient (Wildman–Crippen LogP) is 3.18. The molecule has 3 aromatic rings. The quantitative estimate of drug-likeness (QED) is 0.537. The third-order valence-corrected chi connectivity index (χ3v) is 5.88. The molecule has 1 aromatic carbocycles. The highest BCUT2D eigenvalue weighted by molar-refractivity contribution is 7.07. The number of ether oxygens (including phenoxy) is 2. The minimum absolute atomic E-state index is 0.0392. The number of hydrogen-bond donors (Lipinski definition) is 0. The fourth-order valence-electron chi connectivity index (χ4n) is 3.61. The number of aromatic nitrogens is 1. The topological polar surface area (TPSA) is 83.0 Å². The standard InChI is InChI=1S/C24H24N2O5S/c1-5-29-23(28)20-15(4)25-24-26(22(27)19(32-24)13-18-7-6-12-30-18)21(20)16-8-10-17(11-9-16)31-14(2)3/h6-14,21H,5H2,1-4H3/b19-13-/t21-/m0/s1. The van der Waals surface area contributed by atoms with Crippen LogP contribution in [0.2, 0.25) is 0 Å². The van der Waals surface area contributed by atoms with Crippen molar-refractivity contribution in [3.63, 3.8) is 0 Å². The van der Waals surface area contributed by atoms with E-state index in [-0.39, 0.29) is 18.3 Å². The fraction of sp³-hybridized carbons (Fsp3) is 0.292. The van der Waals surface area contributed by atoms with Gasteiger partial charge in [-0.25, -0.2) is 9.79 Å². The van der Waals surface area contributed by atoms with E-state index in [1.807, 2.05) is 38.1 Å². The van der Waals surface area contributed by atoms with E-state index >= 15 is 0 Å². The second kappa shape index (κ2) is 9.00. The molecule has 3 heterocycles. The van der Waals surface area contributed by atoms with Crippen LogP contribution in [0.5, 0.6) is 5.75 Å². The zero-order valence-corrected chi connectivity index (χ0v) is 19.1. The van der Waals surface area contributed by atoms with Crippen LogP contribution < -0.4 is 19.6 Å². The van der Waals surface area contributed by atoms with E-state index in [2.05, 4.69) is 4.99 Å². The number of benzene rings is 1. The van der Waals surface area contributed by atoms with Gasteiger partial charge in [0, 0.05) is 6.08 Å². The molecular formula is C24H24N2O5S. The van der Waals surface area contributed by atoms with Gasteiger partial charge in [-0.2, -0.15) is 0 Å². The molecule has 2 aromatic heterocycles. The van der Waals surface area contributed by atoms with Crippen molar-refractivity contribution in [1.82, 2.24) is 4.57 Å². The number of rotatable bonds is 6. The average molecular weight is 453 g/mol. The van der Waals surface area contributed by atoms with Crippen LogP contribution in [0.3, 0.4) is 0 Å². The van der Waals surface area contributed by atoms with E-state index in [9.17, 15) is 9.59 Å². The number of furan rings is 1. The maximum atomic E-state index is 13.4. The van der Waals surface area contributed by atoms with E-state index in [0.29, 0.717) is 32.1 Å². The van der Waals surface area contributed by atoms with Crippen LogP contribution in [0.25, 0.3) is 6.08 Å². The number of thiazole rings is 1. The first-order valence-corrected chi connectivity index (χ1v) is 11.2. The number of carbonyl (C=O) groups excluding carboxylic acids is 1. The molecule has 0 saturated carbocycles. The van der Waals surface area contributed by atoms with Gasteiger partial charge >= 0.3 is 5.97 Å². The van der Waals surface area contributed by atoms with Crippen LogP contribution >= 0.6 is 11.3 Å². The molecule has 32 heavy (non-hydrogen) atoms. The third kappa shape index (κ3) is 4.18. The van der Waals surface area contributed by atoms with Crippen LogP contribution in [0.4, 0.5) is 0 Å². The zero-order chi connectivity index (χ0) is 22.8. The van der Waals surface area contributed by atoms with Crippen LogP contribution in [0.1, 0.15) is 45.1 Å². The molecule has 0 fully saturated rings. The summed E-state index contributed by atoms with van der Waals surface area (Å²) in [5.74, 6) is 0.803. The zero-order valence-electron chi connectivity index (χ0n) is 18.3. The molecule has 1 aliphatic heterocycles. The largest absolute Gasteiger partial charge is 0.491 e. The molecule has 1 aliphatic rings. The monoisotopic (exact) mass is 452 g/mol. The molecule has 7 nitrogen and oxygen atoms in total. The molecule has 0 N–H and O–H groups in total. The van der Waals surface area contributed by atoms with E-state index in [0.717, 1.165) is 5.56 Å². The summed E-state index contributed by atoms with van der Waals surface area (Å²) in [6.45, 7) is 7.65. The number of esters is 1. The molecule has 166 valence electrons. The Morgan fingerprint density at radius 3 is 2.66 bits per heavy atom. The average Bonchev–Trinajstić information content (AvgIpc) is 3.36. The van der Waals surface area contributed by atoms with Crippen molar-refractivity contribution in [2.45, 2.75) is 39.8 Å². The summed E-state index contributed by atoms with van der Waals surface area (Å²) >= 11 is 1.26. The van der Waals surface area contributed by atoms with Gasteiger partial charge in [0.15, 0.2) is 4.80 Å². The molecule has 8 heteroatoms. The second-order valence-corrected chi connectivity index (χ2v) is 8.56. The summed E-state index contributed by atoms with van der Waals surface area (Å²) in [5.41, 5.74) is 1.40. The lowest BCUT2D eigenvalue weighted by Gasteiger charge is -2.25. The first kappa shape index (κ1) is 21.8. The lowest BCUT2D eigenvalue weighted by atomic mass is 9.96. The highest BCUT2D eigenvalue weighted by Crippen LogP contribution is 2.31. The van der Waals surface area contributed by atoms with E-state index in [1.165, 1.54) is 11.3 Å². The summed E-state index contributed by atoms with van der Waals surface area (Å²) in [7, 11) is 0. The molecule has 0 unspecified atom stereocenters. The molecule has 0 aliphatic carbocycles. The van der Waals surface area contributed by atoms with Gasteiger partial charge in [0.05, 0.1) is 40.8 Å². The first-order valence-electron chi connectivity index (χ1n) is 10.4. The highest BCUT2D eigenvalue weighted by atomic mass is 32.1. The Bertz CT molecular complexity index is 1330. The van der Waals surface area contributed by atoms with Crippen molar-refractivity contribution in [2.24, 2.45) is 4.99 Å². The van der Waals surface area contributed by atoms with Gasteiger partial charge in [-0.15, -0.1) is 0 Å². The first-order chi connectivity index (χ1) is 15.4. The van der Waals surface area contributed by atoms with Gasteiger partial charge in [-0.05, 0) is 57.5 Å². The molecule has 0 radical (unpaired) electrons. The Labute approximate surface area is 188 Å². The maximum absolute atomic E-state index is 13.4. The molecule has 0 amide bonds. The number of allylic oxidation sites excluding steroid dienone is 1. The summed E-state index contributed by atoms with van der Waals surface area (Å²) < 4.78 is 18.4. The summed E-state index contributed by atoms with van der Waals surface area (Å²) in [6.07, 6.45) is 3.27. The molecule has 0 spiro atoms. The maximum Gasteiger partial charge on any atom is 0.338 e. The second-order valence-electron chi connectivity index (χ2n) is 7.55. The predicted molar refractivity (Wildman–Crippen MR) is 121 cm³/mol. The van der Waals surface area contributed by atoms with Crippen molar-refractivity contribution < 1.29 is 18.7 Å². The van der Waals surface area contributed by atoms with Crippen LogP contribution in [-0.4, -0.2) is 23.2 Å². The minimum atomic E-state index is -0.655. The van der Waals surface area contributed by atoms with Crippen molar-refractivity contribution in [2.75, 3.05) is 6.61 Å². The van der Waals surface area contributed by atoms with Gasteiger partial charge in [-0.3, -0.25) is 9.36 Å². The van der Waals surface area contributed by atoms with Crippen molar-refractivity contribution >= 4 is 23.4 Å². The number of carbonyl (C=O) groups is 1. The van der Waals surface area contributed by atoms with Gasteiger partial charge in [0.25, 0.3) is 5.56 Å². The van der Waals surface area contributed by atoms with Crippen LogP contribution in [0.15, 0.2) is 68.1 Å². The Kier molecular flexibility index (Phi) is 6.14. The molecular weight excluding hydrogens is 428 g/mol. The Morgan fingerprint density at radius 2 is 2.03 bits per heavy atom.